The highest BCUT2D eigenvalue weighted by atomic mass is 16.5. The van der Waals surface area contributed by atoms with Gasteiger partial charge in [0.15, 0.2) is 6.29 Å². The molecule has 0 N–H and O–H groups in total. The van der Waals surface area contributed by atoms with Gasteiger partial charge in [0.05, 0.1) is 0 Å². The molecule has 2 radical (unpaired) electrons. The summed E-state index contributed by atoms with van der Waals surface area (Å²) >= 11 is 0. The standard InChI is InChI=1S/C6H8O3/c1-9-6(5-8)3-2-4-7/h6H,2-3H2,1H3. The number of carbonyl (C=O) groups excluding carboxylic acids is 2. The van der Waals surface area contributed by atoms with E-state index in [1.54, 1.807) is 12.6 Å². The van der Waals surface area contributed by atoms with E-state index in [1.807, 2.05) is 0 Å². The predicted octanol–water partition coefficient (Wildman–Crippen LogP) is 0.00100. The van der Waals surface area contributed by atoms with E-state index >= 15 is 0 Å². The molecule has 0 aromatic heterocycles. The molecule has 0 aliphatic rings. The van der Waals surface area contributed by atoms with Crippen LogP contribution in [-0.2, 0) is 14.3 Å². The molecule has 0 saturated heterocycles. The van der Waals surface area contributed by atoms with E-state index in [-0.39, 0.29) is 6.42 Å². The van der Waals surface area contributed by atoms with Crippen LogP contribution in [0.2, 0.25) is 0 Å². The molecule has 3 nitrogen and oxygen atoms in total. The summed E-state index contributed by atoms with van der Waals surface area (Å²) in [5, 5.41) is 0. The van der Waals surface area contributed by atoms with Crippen LogP contribution in [0.1, 0.15) is 12.8 Å². The number of rotatable bonds is 5. The van der Waals surface area contributed by atoms with Gasteiger partial charge in [0, 0.05) is 13.5 Å². The van der Waals surface area contributed by atoms with Crippen molar-refractivity contribution >= 4 is 12.6 Å². The van der Waals surface area contributed by atoms with Gasteiger partial charge in [-0.25, -0.2) is 0 Å². The second kappa shape index (κ2) is 5.44. The molecule has 0 aliphatic carbocycles. The quantitative estimate of drug-likeness (QED) is 0.523. The molecule has 0 heterocycles. The largest absolute Gasteiger partial charge is 0.373 e. The summed E-state index contributed by atoms with van der Waals surface area (Å²) in [7, 11) is 1.40. The molecule has 0 aromatic carbocycles. The Labute approximate surface area is 54.0 Å². The Kier molecular flexibility index (Phi) is 5.01. The monoisotopic (exact) mass is 128 g/mol. The minimum absolute atomic E-state index is 0.230. The Bertz CT molecular complexity index is 90.3. The summed E-state index contributed by atoms with van der Waals surface area (Å²) in [4.78, 5) is 19.5. The van der Waals surface area contributed by atoms with Crippen molar-refractivity contribution in [3.05, 3.63) is 0 Å². The number of hydrogen-bond donors (Lipinski definition) is 0. The van der Waals surface area contributed by atoms with Crippen molar-refractivity contribution in [1.82, 2.24) is 0 Å². The zero-order valence-electron chi connectivity index (χ0n) is 5.22. The Morgan fingerprint density at radius 2 is 2.22 bits per heavy atom. The van der Waals surface area contributed by atoms with Crippen LogP contribution in [0.25, 0.3) is 0 Å². The lowest BCUT2D eigenvalue weighted by atomic mass is 10.2. The lowest BCUT2D eigenvalue weighted by Gasteiger charge is -2.01. The van der Waals surface area contributed by atoms with Crippen molar-refractivity contribution in [2.24, 2.45) is 0 Å². The summed E-state index contributed by atoms with van der Waals surface area (Å²) in [6, 6.07) is 0. The fourth-order valence-corrected chi connectivity index (χ4v) is 0.415. The molecule has 3 heteroatoms. The molecule has 9 heavy (non-hydrogen) atoms. The van der Waals surface area contributed by atoms with Crippen LogP contribution < -0.4 is 0 Å². The zero-order valence-corrected chi connectivity index (χ0v) is 5.22. The molecular formula is C6H8O3. The molecule has 1 atom stereocenters. The lowest BCUT2D eigenvalue weighted by Crippen LogP contribution is -2.11. The SMILES string of the molecule is COC([C]=O)CC[C]=O. The molecule has 0 bridgehead atoms. The van der Waals surface area contributed by atoms with Crippen molar-refractivity contribution < 1.29 is 14.3 Å². The number of methoxy groups -OCH3 is 1. The average molecular weight is 128 g/mol. The molecule has 0 fully saturated rings. The molecule has 0 aromatic rings. The van der Waals surface area contributed by atoms with E-state index in [4.69, 9.17) is 0 Å². The van der Waals surface area contributed by atoms with Gasteiger partial charge < -0.3 is 4.74 Å². The van der Waals surface area contributed by atoms with Gasteiger partial charge in [-0.1, -0.05) is 0 Å². The Balaban J connectivity index is 3.30. The zero-order chi connectivity index (χ0) is 7.11. The van der Waals surface area contributed by atoms with Gasteiger partial charge in [0.25, 0.3) is 0 Å². The number of hydrogen-bond acceptors (Lipinski definition) is 3. The van der Waals surface area contributed by atoms with Crippen molar-refractivity contribution in [1.29, 1.82) is 0 Å². The van der Waals surface area contributed by atoms with Crippen LogP contribution in [0.4, 0.5) is 0 Å². The van der Waals surface area contributed by atoms with Crippen LogP contribution in [-0.4, -0.2) is 25.8 Å². The third-order valence-corrected chi connectivity index (χ3v) is 0.925. The van der Waals surface area contributed by atoms with Crippen molar-refractivity contribution in [2.45, 2.75) is 18.9 Å². The van der Waals surface area contributed by atoms with Crippen molar-refractivity contribution in [3.8, 4) is 0 Å². The molecule has 0 amide bonds. The van der Waals surface area contributed by atoms with Gasteiger partial charge >= 0.3 is 0 Å². The summed E-state index contributed by atoms with van der Waals surface area (Å²) in [6.07, 6.45) is 3.34. The fourth-order valence-electron chi connectivity index (χ4n) is 0.415. The molecule has 0 rings (SSSR count). The highest BCUT2D eigenvalue weighted by molar-refractivity contribution is 5.58. The molecule has 0 spiro atoms. The Morgan fingerprint density at radius 3 is 2.56 bits per heavy atom. The molecular weight excluding hydrogens is 120 g/mol. The van der Waals surface area contributed by atoms with Gasteiger partial charge in [-0.2, -0.15) is 0 Å². The second-order valence-corrected chi connectivity index (χ2v) is 1.53. The summed E-state index contributed by atoms with van der Waals surface area (Å²) in [6.45, 7) is 0. The molecule has 50 valence electrons. The smallest absolute Gasteiger partial charge is 0.229 e. The van der Waals surface area contributed by atoms with Crippen LogP contribution in [0.5, 0.6) is 0 Å². The van der Waals surface area contributed by atoms with E-state index in [0.29, 0.717) is 6.42 Å². The van der Waals surface area contributed by atoms with Gasteiger partial charge in [-0.15, -0.1) is 0 Å². The first kappa shape index (κ1) is 8.30. The third-order valence-electron chi connectivity index (χ3n) is 0.925. The van der Waals surface area contributed by atoms with Gasteiger partial charge in [0.2, 0.25) is 6.29 Å². The highest BCUT2D eigenvalue weighted by Gasteiger charge is 2.04. The average Bonchev–Trinajstić information content (AvgIpc) is 1.91. The normalized spacial score (nSPS) is 12.6. The minimum Gasteiger partial charge on any atom is -0.373 e. The second-order valence-electron chi connectivity index (χ2n) is 1.53. The van der Waals surface area contributed by atoms with Crippen molar-refractivity contribution in [2.75, 3.05) is 7.11 Å². The minimum atomic E-state index is -0.563. The first-order valence-corrected chi connectivity index (χ1v) is 2.60. The van der Waals surface area contributed by atoms with Crippen molar-refractivity contribution in [3.63, 3.8) is 0 Å². The van der Waals surface area contributed by atoms with E-state index in [9.17, 15) is 9.59 Å². The maximum atomic E-state index is 9.86. The topological polar surface area (TPSA) is 43.4 Å². The van der Waals surface area contributed by atoms with Gasteiger partial charge in [0.1, 0.15) is 6.10 Å². The van der Waals surface area contributed by atoms with E-state index < -0.39 is 6.10 Å². The Morgan fingerprint density at radius 1 is 1.56 bits per heavy atom. The van der Waals surface area contributed by atoms with Gasteiger partial charge in [-0.05, 0) is 6.42 Å². The fraction of sp³-hybridized carbons (Fsp3) is 0.667. The predicted molar refractivity (Wildman–Crippen MR) is 31.4 cm³/mol. The van der Waals surface area contributed by atoms with E-state index in [0.717, 1.165) is 0 Å². The van der Waals surface area contributed by atoms with Crippen LogP contribution in [0.3, 0.4) is 0 Å². The maximum absolute atomic E-state index is 9.86. The first-order chi connectivity index (χ1) is 4.35. The lowest BCUT2D eigenvalue weighted by molar-refractivity contribution is 0.146. The van der Waals surface area contributed by atoms with Crippen LogP contribution in [0.15, 0.2) is 0 Å². The molecule has 1 unspecified atom stereocenters. The summed E-state index contributed by atoms with van der Waals surface area (Å²) in [5.41, 5.74) is 0. The summed E-state index contributed by atoms with van der Waals surface area (Å²) < 4.78 is 4.60. The summed E-state index contributed by atoms with van der Waals surface area (Å²) in [5.74, 6) is 0. The van der Waals surface area contributed by atoms with E-state index in [2.05, 4.69) is 4.74 Å². The third kappa shape index (κ3) is 3.85. The molecule has 0 saturated carbocycles. The highest BCUT2D eigenvalue weighted by Crippen LogP contribution is 1.94. The van der Waals surface area contributed by atoms with Crippen LogP contribution >= 0.6 is 0 Å². The maximum Gasteiger partial charge on any atom is 0.229 e. The van der Waals surface area contributed by atoms with Gasteiger partial charge in [-0.3, -0.25) is 9.59 Å². The van der Waals surface area contributed by atoms with Crippen LogP contribution in [0, 0.1) is 0 Å². The first-order valence-electron chi connectivity index (χ1n) is 2.60. The van der Waals surface area contributed by atoms with E-state index in [1.165, 1.54) is 7.11 Å². The Hall–Kier alpha value is -0.700. The number of ether oxygens (including phenoxy) is 1. The molecule has 0 aliphatic heterocycles.